The lowest BCUT2D eigenvalue weighted by molar-refractivity contribution is -0.137. The molecule has 0 atom stereocenters. The molecule has 2 amide bonds. The Bertz CT molecular complexity index is 1220. The number of hydrogen-bond donors (Lipinski definition) is 3. The molecule has 1 saturated heterocycles. The van der Waals surface area contributed by atoms with Crippen molar-refractivity contribution in [2.45, 2.75) is 25.2 Å². The van der Waals surface area contributed by atoms with Gasteiger partial charge < -0.3 is 14.7 Å². The molecule has 35 heavy (non-hydrogen) atoms. The van der Waals surface area contributed by atoms with E-state index >= 15 is 0 Å². The summed E-state index contributed by atoms with van der Waals surface area (Å²) >= 11 is 0. The van der Waals surface area contributed by atoms with Crippen LogP contribution in [0.4, 0.5) is 10.6 Å². The minimum Gasteiger partial charge on any atom is -0.481 e. The van der Waals surface area contributed by atoms with E-state index in [9.17, 15) is 14.4 Å². The SMILES string of the molecule is O=C(O)CCCC1CN(C(=O)c2cc(NC(=O)OCC3c4ccccc4-c4ccccc43)n[nH]2)C1. The lowest BCUT2D eigenvalue weighted by Crippen LogP contribution is -2.50. The number of anilines is 1. The highest BCUT2D eigenvalue weighted by molar-refractivity contribution is 5.94. The molecule has 0 spiro atoms. The molecule has 2 aromatic carbocycles. The number of benzene rings is 2. The third kappa shape index (κ3) is 4.75. The van der Waals surface area contributed by atoms with E-state index in [0.29, 0.717) is 25.4 Å². The second-order valence-electron chi connectivity index (χ2n) is 8.98. The molecule has 3 aromatic rings. The van der Waals surface area contributed by atoms with Crippen molar-refractivity contribution >= 4 is 23.8 Å². The van der Waals surface area contributed by atoms with Crippen LogP contribution < -0.4 is 5.32 Å². The van der Waals surface area contributed by atoms with Gasteiger partial charge in [-0.05, 0) is 41.0 Å². The molecule has 1 fully saturated rings. The van der Waals surface area contributed by atoms with Crippen LogP contribution in [-0.4, -0.2) is 57.9 Å². The van der Waals surface area contributed by atoms with Crippen LogP contribution in [0.5, 0.6) is 0 Å². The quantitative estimate of drug-likeness (QED) is 0.452. The lowest BCUT2D eigenvalue weighted by Gasteiger charge is -2.39. The smallest absolute Gasteiger partial charge is 0.412 e. The number of fused-ring (bicyclic) bond motifs is 3. The topological polar surface area (TPSA) is 125 Å². The highest BCUT2D eigenvalue weighted by Gasteiger charge is 2.32. The number of ether oxygens (including phenoxy) is 1. The van der Waals surface area contributed by atoms with Gasteiger partial charge in [0.15, 0.2) is 5.82 Å². The number of aromatic amines is 1. The molecule has 0 radical (unpaired) electrons. The van der Waals surface area contributed by atoms with Crippen LogP contribution >= 0.6 is 0 Å². The van der Waals surface area contributed by atoms with E-state index in [1.54, 1.807) is 4.90 Å². The van der Waals surface area contributed by atoms with Gasteiger partial charge in [-0.1, -0.05) is 48.5 Å². The molecule has 1 aliphatic heterocycles. The number of aliphatic carboxylic acids is 1. The van der Waals surface area contributed by atoms with Crippen LogP contribution in [0, 0.1) is 5.92 Å². The molecular formula is C26H26N4O5. The van der Waals surface area contributed by atoms with Gasteiger partial charge in [0.05, 0.1) is 0 Å². The first-order valence-corrected chi connectivity index (χ1v) is 11.7. The van der Waals surface area contributed by atoms with Crippen molar-refractivity contribution in [2.75, 3.05) is 25.0 Å². The average Bonchev–Trinajstić information content (AvgIpc) is 3.41. The Morgan fingerprint density at radius 1 is 1.06 bits per heavy atom. The van der Waals surface area contributed by atoms with Gasteiger partial charge in [0.2, 0.25) is 0 Å². The number of carbonyl (C=O) groups excluding carboxylic acids is 2. The summed E-state index contributed by atoms with van der Waals surface area (Å²) in [7, 11) is 0. The van der Waals surface area contributed by atoms with Crippen LogP contribution in [0.1, 0.15) is 46.8 Å². The molecule has 9 nitrogen and oxygen atoms in total. The van der Waals surface area contributed by atoms with Crippen LogP contribution in [-0.2, 0) is 9.53 Å². The fraction of sp³-hybridized carbons (Fsp3) is 0.308. The molecule has 0 unspecified atom stereocenters. The number of amides is 2. The Balaban J connectivity index is 1.12. The summed E-state index contributed by atoms with van der Waals surface area (Å²) < 4.78 is 5.52. The summed E-state index contributed by atoms with van der Waals surface area (Å²) in [5.74, 6) is -0.512. The fourth-order valence-corrected chi connectivity index (χ4v) is 4.86. The maximum absolute atomic E-state index is 12.6. The van der Waals surface area contributed by atoms with Gasteiger partial charge in [-0.25, -0.2) is 4.79 Å². The molecule has 5 rings (SSSR count). The summed E-state index contributed by atoms with van der Waals surface area (Å²) in [6.07, 6.45) is 0.906. The van der Waals surface area contributed by atoms with E-state index < -0.39 is 12.1 Å². The van der Waals surface area contributed by atoms with Crippen molar-refractivity contribution in [3.63, 3.8) is 0 Å². The van der Waals surface area contributed by atoms with E-state index in [1.807, 2.05) is 24.3 Å². The van der Waals surface area contributed by atoms with Crippen molar-refractivity contribution in [1.29, 1.82) is 0 Å². The Labute approximate surface area is 202 Å². The number of carboxylic acids is 1. The summed E-state index contributed by atoms with van der Waals surface area (Å²) in [5.41, 5.74) is 4.85. The van der Waals surface area contributed by atoms with E-state index in [4.69, 9.17) is 9.84 Å². The standard InChI is InChI=1S/C26H26N4O5/c31-24(32)11-5-6-16-13-30(14-16)25(33)22-12-23(29-28-22)27-26(34)35-15-21-19-9-3-1-7-17(19)18-8-2-4-10-20(18)21/h1-4,7-10,12,16,21H,5-6,11,13-15H2,(H,31,32)(H2,27,28,29,34). The average molecular weight is 475 g/mol. The number of nitrogens with one attached hydrogen (secondary N) is 2. The monoisotopic (exact) mass is 474 g/mol. The van der Waals surface area contributed by atoms with Gasteiger partial charge in [-0.2, -0.15) is 5.10 Å². The van der Waals surface area contributed by atoms with Crippen LogP contribution in [0.15, 0.2) is 54.6 Å². The van der Waals surface area contributed by atoms with Gasteiger partial charge in [-0.15, -0.1) is 0 Å². The van der Waals surface area contributed by atoms with Crippen molar-refractivity contribution in [3.8, 4) is 11.1 Å². The third-order valence-electron chi connectivity index (χ3n) is 6.63. The Morgan fingerprint density at radius 2 is 1.71 bits per heavy atom. The zero-order valence-corrected chi connectivity index (χ0v) is 19.1. The zero-order valence-electron chi connectivity index (χ0n) is 19.1. The minimum atomic E-state index is -0.800. The first-order chi connectivity index (χ1) is 17.0. The molecular weight excluding hydrogens is 448 g/mol. The van der Waals surface area contributed by atoms with Crippen molar-refractivity contribution in [2.24, 2.45) is 5.92 Å². The first kappa shape index (κ1) is 22.6. The van der Waals surface area contributed by atoms with Crippen LogP contribution in [0.2, 0.25) is 0 Å². The summed E-state index contributed by atoms with van der Waals surface area (Å²) in [5, 5.41) is 18.0. The van der Waals surface area contributed by atoms with Crippen LogP contribution in [0.25, 0.3) is 11.1 Å². The van der Waals surface area contributed by atoms with E-state index in [2.05, 4.69) is 39.8 Å². The predicted octanol–water partition coefficient (Wildman–Crippen LogP) is 4.10. The summed E-state index contributed by atoms with van der Waals surface area (Å²) in [6, 6.07) is 17.7. The number of aromatic nitrogens is 2. The summed E-state index contributed by atoms with van der Waals surface area (Å²) in [6.45, 7) is 1.37. The molecule has 0 saturated carbocycles. The number of rotatable bonds is 8. The molecule has 180 valence electrons. The van der Waals surface area contributed by atoms with E-state index in [0.717, 1.165) is 28.7 Å². The van der Waals surface area contributed by atoms with Crippen molar-refractivity contribution in [3.05, 3.63) is 71.4 Å². The minimum absolute atomic E-state index is 0.0423. The van der Waals surface area contributed by atoms with E-state index in [-0.39, 0.29) is 36.4 Å². The zero-order chi connectivity index (χ0) is 24.4. The van der Waals surface area contributed by atoms with Crippen molar-refractivity contribution in [1.82, 2.24) is 15.1 Å². The largest absolute Gasteiger partial charge is 0.481 e. The number of H-pyrrole nitrogens is 1. The number of likely N-dealkylation sites (tertiary alicyclic amines) is 1. The molecule has 0 bridgehead atoms. The van der Waals surface area contributed by atoms with Gasteiger partial charge >= 0.3 is 12.1 Å². The maximum Gasteiger partial charge on any atom is 0.412 e. The number of carbonyl (C=O) groups is 3. The third-order valence-corrected chi connectivity index (χ3v) is 6.63. The normalized spacial score (nSPS) is 14.7. The van der Waals surface area contributed by atoms with Crippen LogP contribution in [0.3, 0.4) is 0 Å². The highest BCUT2D eigenvalue weighted by Crippen LogP contribution is 2.44. The molecule has 1 aromatic heterocycles. The fourth-order valence-electron chi connectivity index (χ4n) is 4.86. The van der Waals surface area contributed by atoms with Gasteiger partial charge in [0.25, 0.3) is 5.91 Å². The number of nitrogens with zero attached hydrogens (tertiary/aromatic N) is 2. The molecule has 1 aliphatic carbocycles. The van der Waals surface area contributed by atoms with Gasteiger partial charge in [-0.3, -0.25) is 20.0 Å². The molecule has 3 N–H and O–H groups in total. The van der Waals surface area contributed by atoms with Crippen molar-refractivity contribution < 1.29 is 24.2 Å². The Kier molecular flexibility index (Phi) is 6.22. The molecule has 2 heterocycles. The number of carboxylic acid groups (broad SMARTS) is 1. The molecule has 2 aliphatic rings. The van der Waals surface area contributed by atoms with Gasteiger partial charge in [0.1, 0.15) is 12.3 Å². The predicted molar refractivity (Wildman–Crippen MR) is 128 cm³/mol. The second kappa shape index (κ2) is 9.61. The first-order valence-electron chi connectivity index (χ1n) is 11.7. The lowest BCUT2D eigenvalue weighted by atomic mass is 9.93. The highest BCUT2D eigenvalue weighted by atomic mass is 16.5. The Morgan fingerprint density at radius 3 is 2.37 bits per heavy atom. The summed E-state index contributed by atoms with van der Waals surface area (Å²) in [4.78, 5) is 37.3. The maximum atomic E-state index is 12.6. The Hall–Kier alpha value is -4.14. The second-order valence-corrected chi connectivity index (χ2v) is 8.98. The molecule has 9 heteroatoms. The van der Waals surface area contributed by atoms with E-state index in [1.165, 1.54) is 6.07 Å². The number of hydrogen-bond acceptors (Lipinski definition) is 5. The van der Waals surface area contributed by atoms with Gasteiger partial charge in [0, 0.05) is 31.5 Å².